The van der Waals surface area contributed by atoms with E-state index in [2.05, 4.69) is 10.6 Å². The highest BCUT2D eigenvalue weighted by atomic mass is 32.2. The summed E-state index contributed by atoms with van der Waals surface area (Å²) in [5, 5.41) is 17.6. The topological polar surface area (TPSA) is 211 Å². The van der Waals surface area contributed by atoms with Crippen LogP contribution >= 0.6 is 0 Å². The second-order valence-corrected chi connectivity index (χ2v) is 15.5. The van der Waals surface area contributed by atoms with E-state index in [1.54, 1.807) is 20.9 Å². The number of nitro benzene ring substituents is 1. The fourth-order valence-electron chi connectivity index (χ4n) is 5.46. The number of sulfonamides is 1. The van der Waals surface area contributed by atoms with Crippen molar-refractivity contribution in [2.75, 3.05) is 14.1 Å². The number of benzene rings is 2. The van der Waals surface area contributed by atoms with Crippen molar-refractivity contribution in [1.29, 1.82) is 0 Å². The van der Waals surface area contributed by atoms with Crippen molar-refractivity contribution >= 4 is 39.3 Å². The predicted octanol–water partition coefficient (Wildman–Crippen LogP) is 3.02. The van der Waals surface area contributed by atoms with Crippen LogP contribution in [0.25, 0.3) is 0 Å². The van der Waals surface area contributed by atoms with Crippen LogP contribution in [-0.4, -0.2) is 74.1 Å². The van der Waals surface area contributed by atoms with Gasteiger partial charge in [0.15, 0.2) is 4.90 Å². The molecule has 0 aliphatic heterocycles. The normalized spacial score (nSPS) is 14.4. The molecule has 0 aliphatic carbocycles. The molecule has 0 saturated carbocycles. The molecule has 15 heteroatoms. The lowest BCUT2D eigenvalue weighted by atomic mass is 9.76. The number of carbonyl (C=O) groups excluding carboxylic acids is 4. The lowest BCUT2D eigenvalue weighted by Gasteiger charge is -2.40. The van der Waals surface area contributed by atoms with E-state index in [9.17, 15) is 37.7 Å². The number of carbonyl (C=O) groups is 4. The number of nitrogens with two attached hydrogens (primary N) is 1. The van der Waals surface area contributed by atoms with Gasteiger partial charge >= 0.3 is 0 Å². The first-order valence-electron chi connectivity index (χ1n) is 15.6. The maximum absolute atomic E-state index is 14.1. The number of nitrogens with zero attached hydrogens (tertiary/aromatic N) is 2. The summed E-state index contributed by atoms with van der Waals surface area (Å²) in [6.07, 6.45) is 1.43. The molecule has 0 saturated heterocycles. The molecule has 5 N–H and O–H groups in total. The van der Waals surface area contributed by atoms with Gasteiger partial charge in [0.25, 0.3) is 21.6 Å². The molecule has 0 fully saturated rings. The summed E-state index contributed by atoms with van der Waals surface area (Å²) < 4.78 is 28.0. The second kappa shape index (κ2) is 15.7. The number of rotatable bonds is 14. The van der Waals surface area contributed by atoms with Gasteiger partial charge in [-0.05, 0) is 43.0 Å². The zero-order valence-electron chi connectivity index (χ0n) is 29.7. The average Bonchev–Trinajstić information content (AvgIpc) is 3.00. The van der Waals surface area contributed by atoms with Gasteiger partial charge in [-0.25, -0.2) is 13.1 Å². The van der Waals surface area contributed by atoms with E-state index in [0.29, 0.717) is 6.07 Å². The van der Waals surface area contributed by atoms with Crippen molar-refractivity contribution in [2.24, 2.45) is 17.1 Å². The highest BCUT2D eigenvalue weighted by molar-refractivity contribution is 7.90. The average molecular weight is 701 g/mol. The van der Waals surface area contributed by atoms with Crippen molar-refractivity contribution in [2.45, 2.75) is 83.8 Å². The van der Waals surface area contributed by atoms with E-state index in [1.165, 1.54) is 24.9 Å². The summed E-state index contributed by atoms with van der Waals surface area (Å²) in [4.78, 5) is 63.6. The molecule has 3 atom stereocenters. The van der Waals surface area contributed by atoms with Crippen LogP contribution in [0.15, 0.2) is 65.1 Å². The Hall–Kier alpha value is -4.63. The van der Waals surface area contributed by atoms with Gasteiger partial charge in [-0.15, -0.1) is 0 Å². The Morgan fingerprint density at radius 3 is 2.02 bits per heavy atom. The third-order valence-electron chi connectivity index (χ3n) is 8.40. The highest BCUT2D eigenvalue weighted by Gasteiger charge is 2.41. The van der Waals surface area contributed by atoms with Crippen molar-refractivity contribution in [3.05, 3.63) is 81.4 Å². The molecule has 0 aromatic heterocycles. The van der Waals surface area contributed by atoms with Crippen molar-refractivity contribution < 1.29 is 32.5 Å². The minimum Gasteiger partial charge on any atom is -0.366 e. The van der Waals surface area contributed by atoms with Crippen LogP contribution in [-0.2, 0) is 29.8 Å². The van der Waals surface area contributed by atoms with Crippen LogP contribution in [0.2, 0.25) is 0 Å². The minimum atomic E-state index is -4.77. The first-order chi connectivity index (χ1) is 22.5. The lowest BCUT2D eigenvalue weighted by molar-refractivity contribution is -0.387. The summed E-state index contributed by atoms with van der Waals surface area (Å²) in [5.41, 5.74) is 3.40. The van der Waals surface area contributed by atoms with E-state index >= 15 is 0 Å². The molecule has 2 aromatic rings. The van der Waals surface area contributed by atoms with E-state index in [-0.39, 0.29) is 23.0 Å². The molecule has 0 unspecified atom stereocenters. The number of hydrogen-bond donors (Lipinski definition) is 4. The van der Waals surface area contributed by atoms with E-state index < -0.39 is 72.2 Å². The molecule has 2 rings (SSSR count). The smallest absolute Gasteiger partial charge is 0.290 e. The Labute approximate surface area is 288 Å². The number of nitro groups is 1. The summed E-state index contributed by atoms with van der Waals surface area (Å²) in [6.45, 7) is 14.3. The quantitative estimate of drug-likeness (QED) is 0.129. The van der Waals surface area contributed by atoms with Gasteiger partial charge < -0.3 is 21.3 Å². The van der Waals surface area contributed by atoms with E-state index in [1.807, 2.05) is 69.7 Å². The first-order valence-corrected chi connectivity index (χ1v) is 17.1. The zero-order valence-corrected chi connectivity index (χ0v) is 30.5. The van der Waals surface area contributed by atoms with Crippen molar-refractivity contribution in [1.82, 2.24) is 20.3 Å². The standard InChI is InChI=1S/C34H48N6O8S/c1-20(2)24(18-21(3)30(42)38-49(47,48)26-17-16-22(29(35)41)19-25(26)40(45)46)39(10)32(44)28(33(4,5)6)37-31(43)27(36-9)34(7,8)23-14-12-11-13-15-23/h11-20,24,27-28,36H,1-10H3,(H2,35,41)(H,37,43)(H,38,42)/t24-,27-,28-/m1/s1. The number of amides is 4. The van der Waals surface area contributed by atoms with Gasteiger partial charge in [-0.3, -0.25) is 29.3 Å². The van der Waals surface area contributed by atoms with E-state index in [4.69, 9.17) is 5.73 Å². The largest absolute Gasteiger partial charge is 0.366 e. The van der Waals surface area contributed by atoms with Gasteiger partial charge in [-0.1, -0.05) is 84.9 Å². The number of likely N-dealkylation sites (N-methyl/N-ethyl adjacent to an activating group) is 2. The molecule has 2 aromatic carbocycles. The first kappa shape index (κ1) is 40.5. The fourth-order valence-corrected chi connectivity index (χ4v) is 6.63. The van der Waals surface area contributed by atoms with E-state index in [0.717, 1.165) is 17.7 Å². The molecular formula is C34H48N6O8S. The monoisotopic (exact) mass is 700 g/mol. The molecule has 0 spiro atoms. The minimum absolute atomic E-state index is 0.0884. The summed E-state index contributed by atoms with van der Waals surface area (Å²) >= 11 is 0. The Kier molecular flexibility index (Phi) is 13.0. The lowest BCUT2D eigenvalue weighted by Crippen LogP contribution is -2.61. The predicted molar refractivity (Wildman–Crippen MR) is 186 cm³/mol. The molecule has 0 radical (unpaired) electrons. The Bertz CT molecular complexity index is 1720. The molecular weight excluding hydrogens is 652 g/mol. The maximum atomic E-state index is 14.1. The zero-order chi connectivity index (χ0) is 37.6. The molecule has 14 nitrogen and oxygen atoms in total. The van der Waals surface area contributed by atoms with Crippen LogP contribution in [0.4, 0.5) is 5.69 Å². The Balaban J connectivity index is 2.39. The molecule has 0 bridgehead atoms. The summed E-state index contributed by atoms with van der Waals surface area (Å²) in [6, 6.07) is 9.65. The van der Waals surface area contributed by atoms with Gasteiger partial charge in [0.05, 0.1) is 17.0 Å². The number of nitrogens with one attached hydrogen (secondary N) is 3. The molecule has 268 valence electrons. The van der Waals surface area contributed by atoms with Gasteiger partial charge in [0.1, 0.15) is 6.04 Å². The highest BCUT2D eigenvalue weighted by Crippen LogP contribution is 2.29. The van der Waals surface area contributed by atoms with Gasteiger partial charge in [0, 0.05) is 29.7 Å². The third kappa shape index (κ3) is 9.72. The van der Waals surface area contributed by atoms with Crippen molar-refractivity contribution in [3.8, 4) is 0 Å². The molecule has 49 heavy (non-hydrogen) atoms. The summed E-state index contributed by atoms with van der Waals surface area (Å²) in [7, 11) is -1.56. The van der Waals surface area contributed by atoms with Crippen LogP contribution in [0.1, 0.15) is 71.3 Å². The van der Waals surface area contributed by atoms with Crippen molar-refractivity contribution in [3.63, 3.8) is 0 Å². The number of primary amides is 1. The maximum Gasteiger partial charge on any atom is 0.290 e. The van der Waals surface area contributed by atoms with Gasteiger partial charge in [-0.2, -0.15) is 0 Å². The SMILES string of the molecule is CN[C@H](C(=O)N[C@H](C(=O)N(C)[C@H](C=C(C)C(=O)NS(=O)(=O)c1ccc(C(N)=O)cc1[N+](=O)[O-])C(C)C)C(C)(C)C)C(C)(C)c1ccccc1. The fraction of sp³-hybridized carbons (Fsp3) is 0.471. The van der Waals surface area contributed by atoms with Crippen LogP contribution < -0.4 is 21.1 Å². The third-order valence-corrected chi connectivity index (χ3v) is 9.78. The number of hydrogen-bond acceptors (Lipinski definition) is 9. The van der Waals surface area contributed by atoms with Crippen LogP contribution in [0.5, 0.6) is 0 Å². The Morgan fingerprint density at radius 2 is 1.55 bits per heavy atom. The Morgan fingerprint density at radius 1 is 0.980 bits per heavy atom. The second-order valence-electron chi connectivity index (χ2n) is 13.9. The molecule has 4 amide bonds. The van der Waals surface area contributed by atoms with Gasteiger partial charge in [0.2, 0.25) is 17.7 Å². The molecule has 0 heterocycles. The molecule has 0 aliphatic rings. The summed E-state index contributed by atoms with van der Waals surface area (Å²) in [5.74, 6) is -3.17. The van der Waals surface area contributed by atoms with Crippen LogP contribution in [0.3, 0.4) is 0 Å². The van der Waals surface area contributed by atoms with Crippen LogP contribution in [0, 0.1) is 21.4 Å².